The number of aromatic nitrogens is 3. The molecule has 17 heteroatoms. The Hall–Kier alpha value is -4.86. The number of primary amides is 1. The van der Waals surface area contributed by atoms with E-state index in [4.69, 9.17) is 26.8 Å². The second-order valence-electron chi connectivity index (χ2n) is 10.1. The van der Waals surface area contributed by atoms with Gasteiger partial charge < -0.3 is 36.5 Å². The van der Waals surface area contributed by atoms with Crippen molar-refractivity contribution in [2.24, 2.45) is 5.73 Å². The van der Waals surface area contributed by atoms with Gasteiger partial charge in [0.15, 0.2) is 6.61 Å². The van der Waals surface area contributed by atoms with Crippen molar-refractivity contribution in [1.82, 2.24) is 20.3 Å². The molecule has 0 bridgehead atoms. The van der Waals surface area contributed by atoms with Gasteiger partial charge in [-0.2, -0.15) is 28.1 Å². The molecule has 13 nitrogen and oxygen atoms in total. The lowest BCUT2D eigenvalue weighted by atomic mass is 10.1. The molecule has 0 aliphatic heterocycles. The van der Waals surface area contributed by atoms with E-state index in [9.17, 15) is 27.6 Å². The maximum atomic E-state index is 12.9. The third-order valence-electron chi connectivity index (χ3n) is 6.62. The lowest BCUT2D eigenvalue weighted by Gasteiger charge is -2.19. The lowest BCUT2D eigenvalue weighted by Crippen LogP contribution is -2.37. The molecule has 1 fully saturated rings. The standard InChI is InChI=1S/C28H30ClF3N8O5/c1-44-23(43)20(3-2-14-34-22(42)21(33)41)35-18-8-10-19(11-9-18)36-24-37-25(39-26(38-24)45-15-28(30,31)32)40-27(12-13-27)16-4-6-17(29)7-5-16/h4-11,20,35H,2-3,12-15H2,1H3,(H2,33,41)(H,34,42)(H2,36,37,38,39,40)/t20-/m0/s1. The number of alkyl halides is 3. The molecule has 0 unspecified atom stereocenters. The van der Waals surface area contributed by atoms with E-state index >= 15 is 0 Å². The molecule has 1 aromatic heterocycles. The van der Waals surface area contributed by atoms with E-state index in [-0.39, 0.29) is 24.9 Å². The van der Waals surface area contributed by atoms with Gasteiger partial charge in [0.25, 0.3) is 0 Å². The highest BCUT2D eigenvalue weighted by Crippen LogP contribution is 2.48. The molecule has 1 atom stereocenters. The van der Waals surface area contributed by atoms with Gasteiger partial charge >= 0.3 is 30.0 Å². The number of hydrogen-bond acceptors (Lipinski definition) is 11. The molecule has 0 radical (unpaired) electrons. The van der Waals surface area contributed by atoms with Crippen LogP contribution in [0.25, 0.3) is 0 Å². The predicted molar refractivity (Wildman–Crippen MR) is 158 cm³/mol. The fourth-order valence-electron chi connectivity index (χ4n) is 4.24. The number of nitrogens with zero attached hydrogens (tertiary/aromatic N) is 3. The van der Waals surface area contributed by atoms with Crippen LogP contribution in [0, 0.1) is 0 Å². The summed E-state index contributed by atoms with van der Waals surface area (Å²) in [5.41, 5.74) is 6.33. The predicted octanol–water partition coefficient (Wildman–Crippen LogP) is 3.65. The van der Waals surface area contributed by atoms with Crippen molar-refractivity contribution >= 4 is 52.7 Å². The molecule has 45 heavy (non-hydrogen) atoms. The van der Waals surface area contributed by atoms with E-state index in [0.717, 1.165) is 18.4 Å². The van der Waals surface area contributed by atoms with Crippen molar-refractivity contribution in [2.75, 3.05) is 36.2 Å². The van der Waals surface area contributed by atoms with Crippen LogP contribution in [0.15, 0.2) is 48.5 Å². The molecule has 1 saturated carbocycles. The summed E-state index contributed by atoms with van der Waals surface area (Å²) >= 11 is 6.01. The number of carbonyl (C=O) groups excluding carboxylic acids is 3. The Bertz CT molecular complexity index is 1510. The first-order chi connectivity index (χ1) is 21.4. The highest BCUT2D eigenvalue weighted by molar-refractivity contribution is 6.34. The number of benzene rings is 2. The number of halogens is 4. The van der Waals surface area contributed by atoms with Crippen LogP contribution in [0.1, 0.15) is 31.2 Å². The number of rotatable bonds is 14. The molecular weight excluding hydrogens is 621 g/mol. The van der Waals surface area contributed by atoms with E-state index < -0.39 is 48.2 Å². The number of nitrogens with two attached hydrogens (primary N) is 1. The molecule has 1 aliphatic rings. The van der Waals surface area contributed by atoms with Gasteiger partial charge in [-0.25, -0.2) is 4.79 Å². The molecule has 0 saturated heterocycles. The molecule has 1 heterocycles. The van der Waals surface area contributed by atoms with Gasteiger partial charge in [0.2, 0.25) is 11.9 Å². The van der Waals surface area contributed by atoms with Crippen molar-refractivity contribution in [3.63, 3.8) is 0 Å². The van der Waals surface area contributed by atoms with E-state index in [2.05, 4.69) is 36.2 Å². The number of methoxy groups -OCH3 is 1. The normalized spacial score (nSPS) is 14.1. The molecule has 2 aromatic carbocycles. The average molecular weight is 651 g/mol. The Morgan fingerprint density at radius 2 is 1.64 bits per heavy atom. The fourth-order valence-corrected chi connectivity index (χ4v) is 4.37. The Labute approximate surface area is 260 Å². The number of amides is 2. The molecule has 2 amide bonds. The smallest absolute Gasteiger partial charge is 0.422 e. The molecule has 0 spiro atoms. The van der Waals surface area contributed by atoms with Gasteiger partial charge in [-0.3, -0.25) is 9.59 Å². The highest BCUT2D eigenvalue weighted by Gasteiger charge is 2.45. The number of anilines is 4. The first-order valence-electron chi connectivity index (χ1n) is 13.6. The van der Waals surface area contributed by atoms with Gasteiger partial charge in [0.05, 0.1) is 12.6 Å². The zero-order valence-corrected chi connectivity index (χ0v) is 24.7. The van der Waals surface area contributed by atoms with Crippen LogP contribution in [0.5, 0.6) is 6.01 Å². The van der Waals surface area contributed by atoms with E-state index in [0.29, 0.717) is 22.8 Å². The summed E-state index contributed by atoms with van der Waals surface area (Å²) in [5.74, 6) is -2.62. The van der Waals surface area contributed by atoms with Gasteiger partial charge in [-0.15, -0.1) is 0 Å². The maximum absolute atomic E-state index is 12.9. The van der Waals surface area contributed by atoms with Crippen LogP contribution in [-0.4, -0.2) is 65.2 Å². The van der Waals surface area contributed by atoms with Crippen LogP contribution in [-0.2, 0) is 24.7 Å². The number of hydrogen-bond donors (Lipinski definition) is 5. The quantitative estimate of drug-likeness (QED) is 0.0975. The van der Waals surface area contributed by atoms with Crippen LogP contribution >= 0.6 is 11.6 Å². The largest absolute Gasteiger partial charge is 0.467 e. The summed E-state index contributed by atoms with van der Waals surface area (Å²) in [4.78, 5) is 46.8. The molecule has 1 aliphatic carbocycles. The monoisotopic (exact) mass is 650 g/mol. The average Bonchev–Trinajstić information content (AvgIpc) is 3.78. The fraction of sp³-hybridized carbons (Fsp3) is 0.357. The topological polar surface area (TPSA) is 182 Å². The van der Waals surface area contributed by atoms with Gasteiger partial charge in [0.1, 0.15) is 6.04 Å². The molecule has 3 aromatic rings. The maximum Gasteiger partial charge on any atom is 0.422 e. The third kappa shape index (κ3) is 9.82. The number of ether oxygens (including phenoxy) is 2. The summed E-state index contributed by atoms with van der Waals surface area (Å²) < 4.78 is 48.3. The van der Waals surface area contributed by atoms with E-state index in [1.807, 2.05) is 12.1 Å². The van der Waals surface area contributed by atoms with Crippen molar-refractivity contribution in [1.29, 1.82) is 0 Å². The number of carbonyl (C=O) groups is 3. The van der Waals surface area contributed by atoms with Crippen molar-refractivity contribution < 1.29 is 37.0 Å². The Morgan fingerprint density at radius 1 is 1.00 bits per heavy atom. The summed E-state index contributed by atoms with van der Waals surface area (Å²) in [6, 6.07) is 12.5. The summed E-state index contributed by atoms with van der Waals surface area (Å²) in [6.07, 6.45) is -2.50. The van der Waals surface area contributed by atoms with Crippen molar-refractivity contribution in [3.05, 3.63) is 59.1 Å². The Balaban J connectivity index is 1.45. The zero-order valence-electron chi connectivity index (χ0n) is 23.9. The Morgan fingerprint density at radius 3 is 2.24 bits per heavy atom. The summed E-state index contributed by atoms with van der Waals surface area (Å²) in [5, 5.41) is 12.1. The first kappa shape index (κ1) is 33.0. The van der Waals surface area contributed by atoms with E-state index in [1.165, 1.54) is 7.11 Å². The van der Waals surface area contributed by atoms with Gasteiger partial charge in [0, 0.05) is 22.9 Å². The third-order valence-corrected chi connectivity index (χ3v) is 6.88. The van der Waals surface area contributed by atoms with E-state index in [1.54, 1.807) is 36.4 Å². The van der Waals surface area contributed by atoms with Gasteiger partial charge in [-0.1, -0.05) is 23.7 Å². The first-order valence-corrected chi connectivity index (χ1v) is 14.0. The van der Waals surface area contributed by atoms with Crippen molar-refractivity contribution in [3.8, 4) is 6.01 Å². The Kier molecular flexibility index (Phi) is 10.5. The zero-order chi connectivity index (χ0) is 32.6. The summed E-state index contributed by atoms with van der Waals surface area (Å²) in [6.45, 7) is -1.46. The van der Waals surface area contributed by atoms with Crippen LogP contribution < -0.4 is 31.7 Å². The minimum atomic E-state index is -4.60. The minimum Gasteiger partial charge on any atom is -0.467 e. The lowest BCUT2D eigenvalue weighted by molar-refractivity contribution is -0.154. The number of esters is 1. The second-order valence-corrected chi connectivity index (χ2v) is 10.5. The highest BCUT2D eigenvalue weighted by atomic mass is 35.5. The van der Waals surface area contributed by atoms with Gasteiger partial charge in [-0.05, 0) is 67.6 Å². The summed E-state index contributed by atoms with van der Waals surface area (Å²) in [7, 11) is 1.24. The minimum absolute atomic E-state index is 0.0170. The van der Waals surface area contributed by atoms with Crippen LogP contribution in [0.2, 0.25) is 5.02 Å². The molecule has 4 rings (SSSR count). The molecule has 240 valence electrons. The molecular formula is C28H30ClF3N8O5. The van der Waals surface area contributed by atoms with Crippen molar-refractivity contribution in [2.45, 2.75) is 43.4 Å². The number of nitrogens with one attached hydrogen (secondary N) is 4. The molecule has 6 N–H and O–H groups in total. The van der Waals surface area contributed by atoms with Crippen LogP contribution in [0.4, 0.5) is 36.4 Å². The second kappa shape index (κ2) is 14.3. The van der Waals surface area contributed by atoms with Crippen LogP contribution in [0.3, 0.4) is 0 Å². The SMILES string of the molecule is COC(=O)[C@H](CCCNC(=O)C(N)=O)Nc1ccc(Nc2nc(NC3(c4ccc(Cl)cc4)CC3)nc(OCC(F)(F)F)n2)cc1.